The molecule has 10 heavy (non-hydrogen) atoms. The molecule has 0 aromatic carbocycles. The van der Waals surface area contributed by atoms with Crippen LogP contribution >= 0.6 is 0 Å². The third-order valence-corrected chi connectivity index (χ3v) is 1.04. The van der Waals surface area contributed by atoms with E-state index in [4.69, 9.17) is 10.2 Å². The van der Waals surface area contributed by atoms with Crippen LogP contribution in [-0.4, -0.2) is 16.8 Å². The Labute approximate surface area is 60.8 Å². The fourth-order valence-corrected chi connectivity index (χ4v) is 0.443. The lowest BCUT2D eigenvalue weighted by atomic mass is 10.2. The lowest BCUT2D eigenvalue weighted by Crippen LogP contribution is -1.84. The molecule has 0 atom stereocenters. The fraction of sp³-hybridized carbons (Fsp3) is 0.250. The number of aliphatic hydroxyl groups excluding tert-OH is 2. The highest BCUT2D eigenvalue weighted by molar-refractivity contribution is 5.22. The lowest BCUT2D eigenvalue weighted by Gasteiger charge is -1.92. The molecular formula is C8H12O2. The topological polar surface area (TPSA) is 40.5 Å². The van der Waals surface area contributed by atoms with Crippen LogP contribution in [0, 0.1) is 0 Å². The molecule has 2 N–H and O–H groups in total. The van der Waals surface area contributed by atoms with Gasteiger partial charge in [-0.15, -0.1) is 0 Å². The second-order valence-corrected chi connectivity index (χ2v) is 1.85. The highest BCUT2D eigenvalue weighted by Gasteiger charge is 1.84. The molecule has 0 aliphatic rings. The van der Waals surface area contributed by atoms with Crippen molar-refractivity contribution < 1.29 is 10.2 Å². The van der Waals surface area contributed by atoms with E-state index in [1.54, 1.807) is 12.2 Å². The van der Waals surface area contributed by atoms with Crippen molar-refractivity contribution in [2.24, 2.45) is 0 Å². The summed E-state index contributed by atoms with van der Waals surface area (Å²) in [4.78, 5) is 0. The maximum Gasteiger partial charge on any atom is 0.108 e. The molecule has 0 saturated heterocycles. The first-order chi connectivity index (χ1) is 4.70. The molecular weight excluding hydrogens is 128 g/mol. The van der Waals surface area contributed by atoms with Crippen LogP contribution in [0.1, 0.15) is 6.92 Å². The van der Waals surface area contributed by atoms with E-state index in [1.807, 2.05) is 6.92 Å². The van der Waals surface area contributed by atoms with E-state index >= 15 is 0 Å². The van der Waals surface area contributed by atoms with Gasteiger partial charge in [0, 0.05) is 0 Å². The summed E-state index contributed by atoms with van der Waals surface area (Å²) in [5, 5.41) is 17.2. The molecule has 0 rings (SSSR count). The van der Waals surface area contributed by atoms with Crippen LogP contribution < -0.4 is 0 Å². The summed E-state index contributed by atoms with van der Waals surface area (Å²) in [6, 6.07) is 0. The van der Waals surface area contributed by atoms with Gasteiger partial charge in [-0.3, -0.25) is 0 Å². The lowest BCUT2D eigenvalue weighted by molar-refractivity contribution is 0.334. The second-order valence-electron chi connectivity index (χ2n) is 1.85. The molecule has 0 aromatic heterocycles. The Morgan fingerprint density at radius 2 is 2.10 bits per heavy atom. The van der Waals surface area contributed by atoms with Gasteiger partial charge in [-0.25, -0.2) is 0 Å². The molecule has 0 spiro atoms. The minimum atomic E-state index is -0.0136. The van der Waals surface area contributed by atoms with Gasteiger partial charge >= 0.3 is 0 Å². The van der Waals surface area contributed by atoms with Crippen LogP contribution in [0.4, 0.5) is 0 Å². The third kappa shape index (κ3) is 3.92. The quantitative estimate of drug-likeness (QED) is 0.461. The van der Waals surface area contributed by atoms with E-state index in [0.717, 1.165) is 5.57 Å². The first kappa shape index (κ1) is 8.98. The van der Waals surface area contributed by atoms with Crippen molar-refractivity contribution in [3.63, 3.8) is 0 Å². The van der Waals surface area contributed by atoms with Crippen molar-refractivity contribution in [1.82, 2.24) is 0 Å². The summed E-state index contributed by atoms with van der Waals surface area (Å²) in [7, 11) is 0. The summed E-state index contributed by atoms with van der Waals surface area (Å²) < 4.78 is 0. The van der Waals surface area contributed by atoms with E-state index < -0.39 is 0 Å². The van der Waals surface area contributed by atoms with Gasteiger partial charge in [-0.2, -0.15) is 0 Å². The van der Waals surface area contributed by atoms with Gasteiger partial charge in [-0.1, -0.05) is 18.7 Å². The van der Waals surface area contributed by atoms with Gasteiger partial charge in [0.25, 0.3) is 0 Å². The Morgan fingerprint density at radius 3 is 2.40 bits per heavy atom. The van der Waals surface area contributed by atoms with Crippen LogP contribution in [0.2, 0.25) is 0 Å². The normalized spacial score (nSPS) is 12.4. The first-order valence-electron chi connectivity index (χ1n) is 3.02. The van der Waals surface area contributed by atoms with Crippen LogP contribution in [0.3, 0.4) is 0 Å². The first-order valence-corrected chi connectivity index (χ1v) is 3.02. The molecule has 0 radical (unpaired) electrons. The summed E-state index contributed by atoms with van der Waals surface area (Å²) in [5.41, 5.74) is 0.759. The van der Waals surface area contributed by atoms with Crippen molar-refractivity contribution in [3.8, 4) is 0 Å². The van der Waals surface area contributed by atoms with Crippen LogP contribution in [0.15, 0.2) is 36.1 Å². The Morgan fingerprint density at radius 1 is 1.50 bits per heavy atom. The molecule has 0 saturated carbocycles. The zero-order valence-electron chi connectivity index (χ0n) is 6.04. The number of rotatable bonds is 3. The minimum Gasteiger partial charge on any atom is -0.509 e. The maximum absolute atomic E-state index is 8.61. The molecule has 0 aliphatic heterocycles. The molecule has 0 bridgehead atoms. The smallest absolute Gasteiger partial charge is 0.108 e. The molecule has 0 aromatic rings. The molecule has 0 aliphatic carbocycles. The van der Waals surface area contributed by atoms with Crippen molar-refractivity contribution in [1.29, 1.82) is 0 Å². The van der Waals surface area contributed by atoms with Crippen molar-refractivity contribution in [3.05, 3.63) is 36.1 Å². The number of allylic oxidation sites excluding steroid dienone is 2. The van der Waals surface area contributed by atoms with Crippen LogP contribution in [0.5, 0.6) is 0 Å². The molecule has 2 nitrogen and oxygen atoms in total. The standard InChI is InChI=1S/C8H12O2/c1-3-8(6-9)5-4-7(2)10/h3-5,9-10H,2,6H2,1H3/b5-4-,8-3+. The molecule has 0 heterocycles. The average molecular weight is 140 g/mol. The molecule has 56 valence electrons. The fourth-order valence-electron chi connectivity index (χ4n) is 0.443. The van der Waals surface area contributed by atoms with Gasteiger partial charge < -0.3 is 10.2 Å². The summed E-state index contributed by atoms with van der Waals surface area (Å²) in [5.74, 6) is -0.00667. The Hall–Kier alpha value is -1.02. The number of hydrogen-bond donors (Lipinski definition) is 2. The second kappa shape index (κ2) is 4.82. The zero-order valence-corrected chi connectivity index (χ0v) is 6.04. The molecule has 0 unspecified atom stereocenters. The van der Waals surface area contributed by atoms with Crippen LogP contribution in [-0.2, 0) is 0 Å². The van der Waals surface area contributed by atoms with Gasteiger partial charge in [0.05, 0.1) is 6.61 Å². The predicted octanol–water partition coefficient (Wildman–Crippen LogP) is 1.55. The number of hydrogen-bond acceptors (Lipinski definition) is 2. The van der Waals surface area contributed by atoms with Crippen molar-refractivity contribution in [2.75, 3.05) is 6.61 Å². The molecule has 2 heteroatoms. The Kier molecular flexibility index (Phi) is 4.33. The summed E-state index contributed by atoms with van der Waals surface area (Å²) in [6.07, 6.45) is 4.81. The van der Waals surface area contributed by atoms with Gasteiger partial charge in [0.2, 0.25) is 0 Å². The van der Waals surface area contributed by atoms with Gasteiger partial charge in [0.15, 0.2) is 0 Å². The molecule has 0 amide bonds. The van der Waals surface area contributed by atoms with E-state index in [9.17, 15) is 0 Å². The third-order valence-electron chi connectivity index (χ3n) is 1.04. The molecule has 0 fully saturated rings. The highest BCUT2D eigenvalue weighted by Crippen LogP contribution is 1.96. The van der Waals surface area contributed by atoms with E-state index in [-0.39, 0.29) is 12.4 Å². The summed E-state index contributed by atoms with van der Waals surface area (Å²) >= 11 is 0. The monoisotopic (exact) mass is 140 g/mol. The maximum atomic E-state index is 8.61. The largest absolute Gasteiger partial charge is 0.509 e. The van der Waals surface area contributed by atoms with E-state index in [1.165, 1.54) is 6.08 Å². The Bertz CT molecular complexity index is 166. The van der Waals surface area contributed by atoms with E-state index in [2.05, 4.69) is 6.58 Å². The number of aliphatic hydroxyl groups is 2. The van der Waals surface area contributed by atoms with Crippen molar-refractivity contribution in [2.45, 2.75) is 6.92 Å². The highest BCUT2D eigenvalue weighted by atomic mass is 16.3. The Balaban J connectivity index is 3.98. The van der Waals surface area contributed by atoms with Crippen LogP contribution in [0.25, 0.3) is 0 Å². The average Bonchev–Trinajstić information content (AvgIpc) is 1.90. The minimum absolute atomic E-state index is 0.00667. The SMILES string of the molecule is C=C(O)/C=C\C(=C/C)CO. The van der Waals surface area contributed by atoms with Crippen molar-refractivity contribution >= 4 is 0 Å². The van der Waals surface area contributed by atoms with Gasteiger partial charge in [-0.05, 0) is 18.6 Å². The predicted molar refractivity (Wildman–Crippen MR) is 41.8 cm³/mol. The van der Waals surface area contributed by atoms with Gasteiger partial charge in [0.1, 0.15) is 5.76 Å². The van der Waals surface area contributed by atoms with E-state index in [0.29, 0.717) is 0 Å². The summed E-state index contributed by atoms with van der Waals surface area (Å²) in [6.45, 7) is 5.06. The zero-order chi connectivity index (χ0) is 7.98.